The first-order valence-electron chi connectivity index (χ1n) is 12.9. The number of hydrogen-bond donors (Lipinski definition) is 0. The third-order valence-corrected chi connectivity index (χ3v) is 6.07. The summed E-state index contributed by atoms with van der Waals surface area (Å²) < 4.78 is 0. The molecule has 0 atom stereocenters. The van der Waals surface area contributed by atoms with Crippen LogP contribution in [0.1, 0.15) is 43.9 Å². The van der Waals surface area contributed by atoms with E-state index in [1.165, 1.54) is 61.8 Å². The van der Waals surface area contributed by atoms with E-state index >= 15 is 0 Å². The van der Waals surface area contributed by atoms with E-state index in [0.29, 0.717) is 0 Å². The van der Waals surface area contributed by atoms with Crippen molar-refractivity contribution >= 4 is 32.3 Å². The normalized spacial score (nSPS) is 10.1. The van der Waals surface area contributed by atoms with Gasteiger partial charge in [-0.1, -0.05) is 148 Å². The topological polar surface area (TPSA) is 0 Å². The summed E-state index contributed by atoms with van der Waals surface area (Å²) in [6.07, 6.45) is 2.45. The fourth-order valence-corrected chi connectivity index (χ4v) is 4.31. The highest BCUT2D eigenvalue weighted by molar-refractivity contribution is 6.23. The maximum absolute atomic E-state index is 2.25. The molecule has 0 bridgehead atoms. The molecular weight excluding hydrogens is 420 g/mol. The molecule has 6 aromatic carbocycles. The lowest BCUT2D eigenvalue weighted by molar-refractivity contribution is 0.921. The molecule has 0 spiro atoms. The largest absolute Gasteiger partial charge is 0.0683 e. The Morgan fingerprint density at radius 2 is 0.971 bits per heavy atom. The van der Waals surface area contributed by atoms with E-state index in [1.54, 1.807) is 0 Å². The minimum Gasteiger partial charge on any atom is -0.0683 e. The Bertz CT molecular complexity index is 1370. The van der Waals surface area contributed by atoms with Crippen LogP contribution in [0.5, 0.6) is 0 Å². The van der Waals surface area contributed by atoms with Crippen molar-refractivity contribution in [3.05, 3.63) is 132 Å². The molecule has 0 aliphatic heterocycles. The van der Waals surface area contributed by atoms with E-state index in [-0.39, 0.29) is 0 Å². The molecule has 6 aromatic rings. The molecule has 0 radical (unpaired) electrons. The molecule has 0 aliphatic rings. The van der Waals surface area contributed by atoms with Gasteiger partial charge in [0.1, 0.15) is 0 Å². The van der Waals surface area contributed by atoms with Gasteiger partial charge in [-0.3, -0.25) is 0 Å². The highest BCUT2D eigenvalue weighted by atomic mass is 14.1. The predicted molar refractivity (Wildman–Crippen MR) is 158 cm³/mol. The maximum Gasteiger partial charge on any atom is -0.00241 e. The molecule has 35 heavy (non-hydrogen) atoms. The summed E-state index contributed by atoms with van der Waals surface area (Å²) in [7, 11) is 0. The first-order chi connectivity index (χ1) is 17.2. The molecule has 0 heterocycles. The van der Waals surface area contributed by atoms with Crippen LogP contribution in [0.15, 0.2) is 115 Å². The average molecular weight is 459 g/mol. The molecule has 0 nitrogen and oxygen atoms in total. The van der Waals surface area contributed by atoms with Crippen LogP contribution in [0, 0.1) is 13.8 Å². The smallest absolute Gasteiger partial charge is 0.00241 e. The van der Waals surface area contributed by atoms with Gasteiger partial charge in [0.05, 0.1) is 0 Å². The number of benzene rings is 6. The molecule has 0 heteroatoms. The third kappa shape index (κ3) is 6.70. The Kier molecular flexibility index (Phi) is 9.87. The Hall–Kier alpha value is -3.64. The van der Waals surface area contributed by atoms with Gasteiger partial charge in [0, 0.05) is 0 Å². The lowest BCUT2D eigenvalue weighted by Crippen LogP contribution is -1.85. The first-order valence-corrected chi connectivity index (χ1v) is 12.9. The van der Waals surface area contributed by atoms with Crippen LogP contribution in [0.3, 0.4) is 0 Å². The Balaban J connectivity index is 0.000000162. The van der Waals surface area contributed by atoms with Gasteiger partial charge in [-0.25, -0.2) is 0 Å². The first kappa shape index (κ1) is 26.0. The van der Waals surface area contributed by atoms with Gasteiger partial charge in [-0.05, 0) is 63.7 Å². The monoisotopic (exact) mass is 458 g/mol. The van der Waals surface area contributed by atoms with Gasteiger partial charge in [0.15, 0.2) is 0 Å². The van der Waals surface area contributed by atoms with E-state index in [4.69, 9.17) is 0 Å². The van der Waals surface area contributed by atoms with Gasteiger partial charge in [0.2, 0.25) is 0 Å². The second-order valence-electron chi connectivity index (χ2n) is 8.63. The summed E-state index contributed by atoms with van der Waals surface area (Å²) >= 11 is 0. The molecule has 0 aliphatic carbocycles. The summed E-state index contributed by atoms with van der Waals surface area (Å²) in [5, 5.41) is 8.23. The molecule has 0 saturated heterocycles. The molecule has 0 aromatic heterocycles. The van der Waals surface area contributed by atoms with Crippen LogP contribution < -0.4 is 0 Å². The molecular formula is C35H38. The van der Waals surface area contributed by atoms with Crippen molar-refractivity contribution in [1.82, 2.24) is 0 Å². The van der Waals surface area contributed by atoms with Crippen molar-refractivity contribution in [3.63, 3.8) is 0 Å². The van der Waals surface area contributed by atoms with Crippen molar-refractivity contribution in [2.45, 2.75) is 47.5 Å². The summed E-state index contributed by atoms with van der Waals surface area (Å²) in [5.74, 6) is 0. The number of hydrogen-bond acceptors (Lipinski definition) is 0. The quantitative estimate of drug-likeness (QED) is 0.226. The fraction of sp³-hybridized carbons (Fsp3) is 0.200. The lowest BCUT2D eigenvalue weighted by Gasteiger charge is -2.11. The van der Waals surface area contributed by atoms with Gasteiger partial charge >= 0.3 is 0 Å². The van der Waals surface area contributed by atoms with Gasteiger partial charge in [-0.2, -0.15) is 0 Å². The Labute approximate surface area is 211 Å². The molecule has 0 amide bonds. The zero-order valence-electron chi connectivity index (χ0n) is 21.9. The molecule has 0 N–H and O–H groups in total. The van der Waals surface area contributed by atoms with E-state index in [2.05, 4.69) is 99.6 Å². The molecule has 0 saturated carbocycles. The zero-order chi connectivity index (χ0) is 25.0. The van der Waals surface area contributed by atoms with Crippen molar-refractivity contribution in [1.29, 1.82) is 0 Å². The summed E-state index contributed by atoms with van der Waals surface area (Å²) in [6.45, 7) is 10.5. The second kappa shape index (κ2) is 13.3. The molecule has 6 rings (SSSR count). The Morgan fingerprint density at radius 1 is 0.486 bits per heavy atom. The number of aryl methyl sites for hydroxylation is 3. The third-order valence-electron chi connectivity index (χ3n) is 6.07. The highest BCUT2D eigenvalue weighted by Crippen LogP contribution is 2.35. The minimum absolute atomic E-state index is 1.21. The van der Waals surface area contributed by atoms with Gasteiger partial charge < -0.3 is 0 Å². The van der Waals surface area contributed by atoms with Crippen molar-refractivity contribution in [2.75, 3.05) is 0 Å². The fourth-order valence-electron chi connectivity index (χ4n) is 4.31. The SMILES string of the molecule is CC.CCCc1ccc(C)cc1.Cc1ccc2ccc3cccc4ccc1c2c34.c1ccccc1. The highest BCUT2D eigenvalue weighted by Gasteiger charge is 2.08. The summed E-state index contributed by atoms with van der Waals surface area (Å²) in [4.78, 5) is 0. The molecule has 178 valence electrons. The maximum atomic E-state index is 2.25. The van der Waals surface area contributed by atoms with Gasteiger partial charge in [0.25, 0.3) is 0 Å². The molecule has 0 fully saturated rings. The Morgan fingerprint density at radius 3 is 1.51 bits per heavy atom. The summed E-state index contributed by atoms with van der Waals surface area (Å²) in [5.41, 5.74) is 4.16. The van der Waals surface area contributed by atoms with E-state index < -0.39 is 0 Å². The standard InChI is InChI=1S/C17H12.C10H14.C6H6.C2H6/c1-11-5-6-14-8-7-12-3-2-4-13-9-10-15(11)17(14)16(12)13;1-3-4-10-7-5-9(2)6-8-10;1-2-4-6-5-3-1;1-2/h2-10H,1H3;5-8H,3-4H2,1-2H3;1-6H;1-2H3. The molecule has 0 unspecified atom stereocenters. The van der Waals surface area contributed by atoms with Crippen molar-refractivity contribution < 1.29 is 0 Å². The van der Waals surface area contributed by atoms with E-state index in [1.807, 2.05) is 50.2 Å². The van der Waals surface area contributed by atoms with Crippen LogP contribution in [0.4, 0.5) is 0 Å². The van der Waals surface area contributed by atoms with E-state index in [9.17, 15) is 0 Å². The van der Waals surface area contributed by atoms with Crippen LogP contribution in [0.25, 0.3) is 32.3 Å². The minimum atomic E-state index is 1.21. The zero-order valence-corrected chi connectivity index (χ0v) is 21.9. The van der Waals surface area contributed by atoms with Crippen molar-refractivity contribution in [3.8, 4) is 0 Å². The lowest BCUT2D eigenvalue weighted by atomic mass is 9.92. The summed E-state index contributed by atoms with van der Waals surface area (Å²) in [6, 6.07) is 40.7. The van der Waals surface area contributed by atoms with E-state index in [0.717, 1.165) is 0 Å². The van der Waals surface area contributed by atoms with Crippen LogP contribution >= 0.6 is 0 Å². The van der Waals surface area contributed by atoms with Crippen molar-refractivity contribution in [2.24, 2.45) is 0 Å². The predicted octanol–water partition coefficient (Wildman–Crippen LogP) is 10.6. The van der Waals surface area contributed by atoms with Crippen LogP contribution in [0.2, 0.25) is 0 Å². The second-order valence-corrected chi connectivity index (χ2v) is 8.63. The number of rotatable bonds is 2. The average Bonchev–Trinajstić information content (AvgIpc) is 2.93. The van der Waals surface area contributed by atoms with Crippen LogP contribution in [-0.2, 0) is 6.42 Å². The van der Waals surface area contributed by atoms with Crippen LogP contribution in [-0.4, -0.2) is 0 Å². The van der Waals surface area contributed by atoms with Gasteiger partial charge in [-0.15, -0.1) is 0 Å².